The van der Waals surface area contributed by atoms with Crippen LogP contribution in [0, 0.1) is 6.92 Å². The van der Waals surface area contributed by atoms with Crippen molar-refractivity contribution in [3.05, 3.63) is 66.0 Å². The smallest absolute Gasteiger partial charge is 0.165 e. The van der Waals surface area contributed by atoms with E-state index in [9.17, 15) is 5.11 Å². The summed E-state index contributed by atoms with van der Waals surface area (Å²) in [6.07, 6.45) is 3.28. The predicted octanol–water partition coefficient (Wildman–Crippen LogP) is 4.25. The van der Waals surface area contributed by atoms with Gasteiger partial charge in [-0.1, -0.05) is 24.6 Å². The quantitative estimate of drug-likeness (QED) is 0.516. The molecule has 0 spiro atoms. The number of rotatable bonds is 6. The van der Waals surface area contributed by atoms with E-state index in [1.807, 2.05) is 28.8 Å². The maximum atomic E-state index is 9.42. The first-order valence-electron chi connectivity index (χ1n) is 9.90. The fourth-order valence-corrected chi connectivity index (χ4v) is 3.64. The molecule has 3 N–H and O–H groups in total. The number of aliphatic hydroxyl groups is 1. The molecule has 1 unspecified atom stereocenters. The summed E-state index contributed by atoms with van der Waals surface area (Å²) in [4.78, 5) is 14.0. The predicted molar refractivity (Wildman–Crippen MR) is 116 cm³/mol. The first-order valence-corrected chi connectivity index (χ1v) is 9.90. The number of nitrogen functional groups attached to an aromatic ring is 1. The normalized spacial score (nSPS) is 12.4. The zero-order valence-electron chi connectivity index (χ0n) is 16.7. The first kappa shape index (κ1) is 19.1. The fourth-order valence-electron chi connectivity index (χ4n) is 3.64. The Bertz CT molecular complexity index is 1130. The minimum absolute atomic E-state index is 0.146. The number of hydrogen-bond acceptors (Lipinski definition) is 5. The van der Waals surface area contributed by atoms with Crippen LogP contribution in [0.5, 0.6) is 0 Å². The molecule has 0 radical (unpaired) electrons. The van der Waals surface area contributed by atoms with Gasteiger partial charge in [0.25, 0.3) is 0 Å². The van der Waals surface area contributed by atoms with Gasteiger partial charge in [0.2, 0.25) is 0 Å². The van der Waals surface area contributed by atoms with Crippen LogP contribution in [0.25, 0.3) is 28.2 Å². The average molecular weight is 387 g/mol. The number of nitrogens with zero attached hydrogens (tertiary/aromatic N) is 4. The summed E-state index contributed by atoms with van der Waals surface area (Å²) >= 11 is 0. The minimum atomic E-state index is 0.146. The molecule has 0 saturated heterocycles. The molecule has 6 heteroatoms. The average Bonchev–Trinajstić information content (AvgIpc) is 3.11. The summed E-state index contributed by atoms with van der Waals surface area (Å²) in [6, 6.07) is 16.1. The van der Waals surface area contributed by atoms with Crippen LogP contribution in [0.15, 0.2) is 54.7 Å². The molecule has 1 atom stereocenters. The van der Waals surface area contributed by atoms with E-state index in [-0.39, 0.29) is 12.5 Å². The molecule has 0 aliphatic rings. The maximum Gasteiger partial charge on any atom is 0.165 e. The highest BCUT2D eigenvalue weighted by molar-refractivity contribution is 5.82. The SMILES string of the molecule is CCC(CCO)c1ccc2nc(-c3cccnc3N)n(-c3ccc(C)cc3)c2n1. The third-order valence-corrected chi connectivity index (χ3v) is 5.29. The van der Waals surface area contributed by atoms with Crippen molar-refractivity contribution in [3.8, 4) is 17.1 Å². The molecule has 0 amide bonds. The van der Waals surface area contributed by atoms with E-state index < -0.39 is 0 Å². The van der Waals surface area contributed by atoms with Crippen molar-refractivity contribution >= 4 is 17.0 Å². The Morgan fingerprint density at radius 1 is 1.07 bits per heavy atom. The number of anilines is 1. The molecule has 4 rings (SSSR count). The van der Waals surface area contributed by atoms with Crippen molar-refractivity contribution in [2.75, 3.05) is 12.3 Å². The van der Waals surface area contributed by atoms with Crippen molar-refractivity contribution in [2.24, 2.45) is 0 Å². The summed E-state index contributed by atoms with van der Waals surface area (Å²) in [7, 11) is 0. The molecular weight excluding hydrogens is 362 g/mol. The topological polar surface area (TPSA) is 89.9 Å². The lowest BCUT2D eigenvalue weighted by atomic mass is 9.98. The van der Waals surface area contributed by atoms with Gasteiger partial charge in [0.15, 0.2) is 11.5 Å². The molecule has 0 bridgehead atoms. The monoisotopic (exact) mass is 387 g/mol. The second-order valence-electron chi connectivity index (χ2n) is 7.24. The highest BCUT2D eigenvalue weighted by Gasteiger charge is 2.19. The fraction of sp³-hybridized carbons (Fsp3) is 0.261. The molecular formula is C23H25N5O. The third kappa shape index (κ3) is 3.59. The van der Waals surface area contributed by atoms with Crippen molar-refractivity contribution < 1.29 is 5.11 Å². The van der Waals surface area contributed by atoms with Gasteiger partial charge in [-0.15, -0.1) is 0 Å². The van der Waals surface area contributed by atoms with Gasteiger partial charge in [-0.25, -0.2) is 15.0 Å². The highest BCUT2D eigenvalue weighted by atomic mass is 16.3. The van der Waals surface area contributed by atoms with Crippen LogP contribution in [0.1, 0.15) is 36.9 Å². The molecule has 148 valence electrons. The van der Waals surface area contributed by atoms with Crippen LogP contribution in [-0.2, 0) is 0 Å². The number of benzene rings is 1. The number of fused-ring (bicyclic) bond motifs is 1. The summed E-state index contributed by atoms with van der Waals surface area (Å²) in [5.41, 5.74) is 11.6. The Hall–Kier alpha value is -3.25. The Morgan fingerprint density at radius 3 is 2.55 bits per heavy atom. The van der Waals surface area contributed by atoms with Crippen molar-refractivity contribution in [3.63, 3.8) is 0 Å². The number of aromatic nitrogens is 4. The van der Waals surface area contributed by atoms with Crippen molar-refractivity contribution in [2.45, 2.75) is 32.6 Å². The number of aliphatic hydroxyl groups excluding tert-OH is 1. The number of imidazole rings is 1. The minimum Gasteiger partial charge on any atom is -0.396 e. The second kappa shape index (κ2) is 8.01. The molecule has 0 aliphatic heterocycles. The van der Waals surface area contributed by atoms with Crippen LogP contribution in [0.4, 0.5) is 5.82 Å². The van der Waals surface area contributed by atoms with Crippen LogP contribution in [0.2, 0.25) is 0 Å². The largest absolute Gasteiger partial charge is 0.396 e. The Labute approximate surface area is 170 Å². The van der Waals surface area contributed by atoms with Crippen LogP contribution in [0.3, 0.4) is 0 Å². The van der Waals surface area contributed by atoms with E-state index in [1.54, 1.807) is 6.20 Å². The second-order valence-corrected chi connectivity index (χ2v) is 7.24. The number of aryl methyl sites for hydroxylation is 1. The molecule has 0 aliphatic carbocycles. The van der Waals surface area contributed by atoms with Crippen molar-refractivity contribution in [1.29, 1.82) is 0 Å². The molecule has 6 nitrogen and oxygen atoms in total. The molecule has 3 heterocycles. The lowest BCUT2D eigenvalue weighted by Crippen LogP contribution is -2.05. The van der Waals surface area contributed by atoms with E-state index in [0.29, 0.717) is 18.1 Å². The van der Waals surface area contributed by atoms with E-state index in [0.717, 1.165) is 34.5 Å². The maximum absolute atomic E-state index is 9.42. The molecule has 1 aromatic carbocycles. The Kier molecular flexibility index (Phi) is 5.27. The molecule has 0 fully saturated rings. The summed E-state index contributed by atoms with van der Waals surface area (Å²) < 4.78 is 2.04. The van der Waals surface area contributed by atoms with Crippen molar-refractivity contribution in [1.82, 2.24) is 19.5 Å². The summed E-state index contributed by atoms with van der Waals surface area (Å²) in [5, 5.41) is 9.42. The van der Waals surface area contributed by atoms with E-state index in [4.69, 9.17) is 15.7 Å². The molecule has 4 aromatic rings. The Morgan fingerprint density at radius 2 is 1.86 bits per heavy atom. The van der Waals surface area contributed by atoms with E-state index >= 15 is 0 Å². The van der Waals surface area contributed by atoms with Gasteiger partial charge in [0, 0.05) is 30.1 Å². The van der Waals surface area contributed by atoms with Gasteiger partial charge < -0.3 is 10.8 Å². The zero-order chi connectivity index (χ0) is 20.4. The number of hydrogen-bond donors (Lipinski definition) is 2. The summed E-state index contributed by atoms with van der Waals surface area (Å²) in [6.45, 7) is 4.32. The van der Waals surface area contributed by atoms with Gasteiger partial charge in [-0.2, -0.15) is 0 Å². The third-order valence-electron chi connectivity index (χ3n) is 5.29. The lowest BCUT2D eigenvalue weighted by molar-refractivity contribution is 0.273. The van der Waals surface area contributed by atoms with Gasteiger partial charge in [-0.05, 0) is 56.2 Å². The van der Waals surface area contributed by atoms with Crippen LogP contribution in [-0.4, -0.2) is 31.2 Å². The highest BCUT2D eigenvalue weighted by Crippen LogP contribution is 2.32. The standard InChI is InChI=1S/C23H25N5O/c1-3-16(12-14-29)19-10-11-20-23(26-19)28(17-8-6-15(2)7-9-17)22(27-20)18-5-4-13-25-21(18)24/h4-11,13,16,29H,3,12,14H2,1-2H3,(H2,24,25). The first-order chi connectivity index (χ1) is 14.1. The molecule has 3 aromatic heterocycles. The van der Waals surface area contributed by atoms with Crippen LogP contribution < -0.4 is 5.73 Å². The Balaban J connectivity index is 1.99. The van der Waals surface area contributed by atoms with Gasteiger partial charge in [0.05, 0.1) is 5.56 Å². The lowest BCUT2D eigenvalue weighted by Gasteiger charge is -2.14. The number of nitrogens with two attached hydrogens (primary N) is 1. The van der Waals surface area contributed by atoms with E-state index in [2.05, 4.69) is 43.1 Å². The summed E-state index contributed by atoms with van der Waals surface area (Å²) in [5.74, 6) is 1.36. The van der Waals surface area contributed by atoms with E-state index in [1.165, 1.54) is 5.56 Å². The molecule has 29 heavy (non-hydrogen) atoms. The van der Waals surface area contributed by atoms with Gasteiger partial charge in [0.1, 0.15) is 11.3 Å². The zero-order valence-corrected chi connectivity index (χ0v) is 16.7. The molecule has 0 saturated carbocycles. The van der Waals surface area contributed by atoms with Gasteiger partial charge >= 0.3 is 0 Å². The van der Waals surface area contributed by atoms with Crippen LogP contribution >= 0.6 is 0 Å². The number of pyridine rings is 2. The van der Waals surface area contributed by atoms with Gasteiger partial charge in [-0.3, -0.25) is 4.57 Å².